The molecule has 1 aromatic rings. The molecule has 84 valence electrons. The average Bonchev–Trinajstić information content (AvgIpc) is 2.20. The molecule has 0 aliphatic heterocycles. The number of phenolic OH excluding ortho intramolecular Hbond substituents is 2. The van der Waals surface area contributed by atoms with Crippen molar-refractivity contribution < 1.29 is 20.0 Å². The zero-order valence-corrected chi connectivity index (χ0v) is 8.93. The van der Waals surface area contributed by atoms with E-state index in [4.69, 9.17) is 10.2 Å². The Labute approximate surface area is 89.3 Å². The van der Waals surface area contributed by atoms with Crippen LogP contribution < -0.4 is 0 Å². The van der Waals surface area contributed by atoms with Gasteiger partial charge in [-0.3, -0.25) is 0 Å². The summed E-state index contributed by atoms with van der Waals surface area (Å²) in [5, 5.41) is 17.9. The maximum absolute atomic E-state index is 9.06. The molecule has 0 aliphatic rings. The molecule has 0 radical (unpaired) electrons. The number of benzene rings is 1. The Morgan fingerprint density at radius 2 is 2.07 bits per heavy atom. The smallest absolute Gasteiger partial charge is 0.126 e. The number of aromatic hydroxyl groups is 2. The van der Waals surface area contributed by atoms with Crippen LogP contribution in [0.5, 0.6) is 11.5 Å². The van der Waals surface area contributed by atoms with Crippen LogP contribution in [-0.2, 0) is 9.78 Å². The first-order chi connectivity index (χ1) is 7.15. The molecule has 4 nitrogen and oxygen atoms in total. The molecule has 0 aliphatic carbocycles. The Morgan fingerprint density at radius 3 is 2.40 bits per heavy atom. The normalized spacial score (nSPS) is 8.93. The topological polar surface area (TPSA) is 58.9 Å². The largest absolute Gasteiger partial charge is 0.508 e. The van der Waals surface area contributed by atoms with E-state index in [9.17, 15) is 0 Å². The molecular formula is C11H16O4. The fraction of sp³-hybridized carbons (Fsp3) is 0.273. The van der Waals surface area contributed by atoms with Gasteiger partial charge in [0, 0.05) is 11.6 Å². The van der Waals surface area contributed by atoms with Gasteiger partial charge in [-0.25, -0.2) is 9.78 Å². The molecule has 2 N–H and O–H groups in total. The molecule has 15 heavy (non-hydrogen) atoms. The van der Waals surface area contributed by atoms with Crippen molar-refractivity contribution in [3.05, 3.63) is 30.3 Å². The molecule has 0 unspecified atom stereocenters. The van der Waals surface area contributed by atoms with Gasteiger partial charge < -0.3 is 10.2 Å². The first kappa shape index (κ1) is 13.5. The van der Waals surface area contributed by atoms with Crippen molar-refractivity contribution in [3.8, 4) is 11.5 Å². The van der Waals surface area contributed by atoms with Crippen LogP contribution in [0, 0.1) is 0 Å². The molecule has 0 saturated carbocycles. The zero-order valence-electron chi connectivity index (χ0n) is 8.93. The van der Waals surface area contributed by atoms with Gasteiger partial charge in [0.15, 0.2) is 0 Å². The van der Waals surface area contributed by atoms with E-state index in [1.807, 2.05) is 6.92 Å². The first-order valence-corrected chi connectivity index (χ1v) is 4.45. The zero-order chi connectivity index (χ0) is 11.7. The molecule has 0 heterocycles. The van der Waals surface area contributed by atoms with E-state index >= 15 is 0 Å². The molecule has 0 bridgehead atoms. The van der Waals surface area contributed by atoms with E-state index < -0.39 is 0 Å². The second kappa shape index (κ2) is 7.84. The van der Waals surface area contributed by atoms with E-state index in [0.29, 0.717) is 12.2 Å². The third-order valence-electron chi connectivity index (χ3n) is 1.47. The van der Waals surface area contributed by atoms with E-state index in [-0.39, 0.29) is 11.5 Å². The molecular weight excluding hydrogens is 196 g/mol. The summed E-state index contributed by atoms with van der Waals surface area (Å²) in [4.78, 5) is 8.52. The van der Waals surface area contributed by atoms with Crippen molar-refractivity contribution in [2.75, 3.05) is 13.7 Å². The van der Waals surface area contributed by atoms with Crippen LogP contribution in [-0.4, -0.2) is 23.9 Å². The van der Waals surface area contributed by atoms with Crippen molar-refractivity contribution >= 4 is 6.08 Å². The van der Waals surface area contributed by atoms with Gasteiger partial charge in [0.25, 0.3) is 0 Å². The molecule has 1 rings (SSSR count). The fourth-order valence-electron chi connectivity index (χ4n) is 0.823. The SMILES string of the molecule is C=Cc1ccc(O)cc1O.CCOOC. The van der Waals surface area contributed by atoms with Crippen molar-refractivity contribution in [2.24, 2.45) is 0 Å². The minimum Gasteiger partial charge on any atom is -0.508 e. The standard InChI is InChI=1S/C8H8O2.C3H8O2/c1-2-6-3-4-7(9)5-8(6)10;1-3-5-4-2/h2-5,9-10H,1H2;3H2,1-2H3. The molecule has 0 atom stereocenters. The van der Waals surface area contributed by atoms with Crippen molar-refractivity contribution in [3.63, 3.8) is 0 Å². The highest BCUT2D eigenvalue weighted by Gasteiger charge is 1.95. The second-order valence-corrected chi connectivity index (χ2v) is 2.52. The molecule has 0 aromatic heterocycles. The minimum atomic E-state index is 0.0509. The van der Waals surface area contributed by atoms with Crippen molar-refractivity contribution in [1.82, 2.24) is 0 Å². The van der Waals surface area contributed by atoms with Crippen LogP contribution in [0.2, 0.25) is 0 Å². The maximum atomic E-state index is 9.06. The number of rotatable bonds is 3. The molecule has 0 amide bonds. The van der Waals surface area contributed by atoms with E-state index in [1.54, 1.807) is 6.07 Å². The Kier molecular flexibility index (Phi) is 7.05. The maximum Gasteiger partial charge on any atom is 0.126 e. The highest BCUT2D eigenvalue weighted by molar-refractivity contribution is 5.56. The van der Waals surface area contributed by atoms with Gasteiger partial charge in [-0.15, -0.1) is 0 Å². The van der Waals surface area contributed by atoms with Gasteiger partial charge >= 0.3 is 0 Å². The van der Waals surface area contributed by atoms with Crippen LogP contribution in [0.4, 0.5) is 0 Å². The highest BCUT2D eigenvalue weighted by atomic mass is 17.2. The summed E-state index contributed by atoms with van der Waals surface area (Å²) in [6.45, 7) is 5.97. The lowest BCUT2D eigenvalue weighted by Gasteiger charge is -1.97. The summed E-state index contributed by atoms with van der Waals surface area (Å²) in [6, 6.07) is 4.37. The minimum absolute atomic E-state index is 0.0509. The third-order valence-corrected chi connectivity index (χ3v) is 1.47. The molecule has 4 heteroatoms. The number of hydrogen-bond acceptors (Lipinski definition) is 4. The van der Waals surface area contributed by atoms with Gasteiger partial charge in [0.2, 0.25) is 0 Å². The first-order valence-electron chi connectivity index (χ1n) is 4.45. The highest BCUT2D eigenvalue weighted by Crippen LogP contribution is 2.22. The number of phenols is 2. The fourth-order valence-corrected chi connectivity index (χ4v) is 0.823. The summed E-state index contributed by atoms with van der Waals surface area (Å²) in [6.07, 6.45) is 1.52. The van der Waals surface area contributed by atoms with Gasteiger partial charge in [-0.1, -0.05) is 12.7 Å². The molecule has 0 spiro atoms. The van der Waals surface area contributed by atoms with Gasteiger partial charge in [-0.2, -0.15) is 0 Å². The number of hydrogen-bond donors (Lipinski definition) is 2. The van der Waals surface area contributed by atoms with Gasteiger partial charge in [0.05, 0.1) is 13.7 Å². The van der Waals surface area contributed by atoms with Crippen LogP contribution in [0.25, 0.3) is 6.08 Å². The van der Waals surface area contributed by atoms with E-state index in [2.05, 4.69) is 16.4 Å². The van der Waals surface area contributed by atoms with E-state index in [0.717, 1.165) is 0 Å². The quantitative estimate of drug-likeness (QED) is 0.596. The van der Waals surface area contributed by atoms with Crippen LogP contribution in [0.3, 0.4) is 0 Å². The molecule has 1 aromatic carbocycles. The lowest BCUT2D eigenvalue weighted by molar-refractivity contribution is -0.268. The van der Waals surface area contributed by atoms with Gasteiger partial charge in [-0.05, 0) is 19.1 Å². The summed E-state index contributed by atoms with van der Waals surface area (Å²) < 4.78 is 0. The van der Waals surface area contributed by atoms with Crippen LogP contribution >= 0.6 is 0 Å². The lowest BCUT2D eigenvalue weighted by Crippen LogP contribution is -1.83. The van der Waals surface area contributed by atoms with E-state index in [1.165, 1.54) is 25.3 Å². The molecule has 0 fully saturated rings. The van der Waals surface area contributed by atoms with Crippen molar-refractivity contribution in [1.29, 1.82) is 0 Å². The van der Waals surface area contributed by atoms with Gasteiger partial charge in [0.1, 0.15) is 11.5 Å². The van der Waals surface area contributed by atoms with Crippen molar-refractivity contribution in [2.45, 2.75) is 6.92 Å². The monoisotopic (exact) mass is 212 g/mol. The average molecular weight is 212 g/mol. The third kappa shape index (κ3) is 5.72. The lowest BCUT2D eigenvalue weighted by atomic mass is 10.2. The Morgan fingerprint density at radius 1 is 1.40 bits per heavy atom. The molecule has 0 saturated heterocycles. The summed E-state index contributed by atoms with van der Waals surface area (Å²) in [5.41, 5.74) is 0.623. The Hall–Kier alpha value is -1.52. The Bertz CT molecular complexity index is 295. The summed E-state index contributed by atoms with van der Waals surface area (Å²) in [7, 11) is 1.49. The predicted octanol–water partition coefficient (Wildman–Crippen LogP) is 2.33. The Balaban J connectivity index is 0.000000336. The predicted molar refractivity (Wildman–Crippen MR) is 58.5 cm³/mol. The summed E-state index contributed by atoms with van der Waals surface area (Å²) in [5.74, 6) is 0.109. The summed E-state index contributed by atoms with van der Waals surface area (Å²) >= 11 is 0. The second-order valence-electron chi connectivity index (χ2n) is 2.52. The van der Waals surface area contributed by atoms with Crippen LogP contribution in [0.15, 0.2) is 24.8 Å². The van der Waals surface area contributed by atoms with Crippen LogP contribution in [0.1, 0.15) is 12.5 Å².